The molecule has 2 aromatic rings. The van der Waals surface area contributed by atoms with E-state index in [0.29, 0.717) is 23.6 Å². The third kappa shape index (κ3) is 4.86. The predicted molar refractivity (Wildman–Crippen MR) is 83.5 cm³/mol. The summed E-state index contributed by atoms with van der Waals surface area (Å²) < 4.78 is 7.62. The molecule has 5 heteroatoms. The van der Waals surface area contributed by atoms with E-state index in [0.717, 1.165) is 18.8 Å². The first-order valence-electron chi connectivity index (χ1n) is 7.43. The van der Waals surface area contributed by atoms with Gasteiger partial charge in [-0.3, -0.25) is 4.68 Å². The highest BCUT2D eigenvalue weighted by Gasteiger charge is 2.05. The quantitative estimate of drug-likeness (QED) is 0.848. The Morgan fingerprint density at radius 1 is 1.24 bits per heavy atom. The summed E-state index contributed by atoms with van der Waals surface area (Å²) in [5.41, 5.74) is 0.976. The first-order chi connectivity index (χ1) is 10.0. The molecule has 0 saturated carbocycles. The molecule has 0 aromatic carbocycles. The summed E-state index contributed by atoms with van der Waals surface area (Å²) >= 11 is 0. The van der Waals surface area contributed by atoms with E-state index in [1.807, 2.05) is 29.1 Å². The van der Waals surface area contributed by atoms with Crippen LogP contribution in [0.15, 0.2) is 30.6 Å². The third-order valence-electron chi connectivity index (χ3n) is 2.97. The van der Waals surface area contributed by atoms with Crippen LogP contribution in [0.2, 0.25) is 0 Å². The maximum Gasteiger partial charge on any atom is 0.219 e. The van der Waals surface area contributed by atoms with Gasteiger partial charge in [-0.25, -0.2) is 4.98 Å². The number of hydrogen-bond acceptors (Lipinski definition) is 4. The Hall–Kier alpha value is -1.88. The highest BCUT2D eigenvalue weighted by molar-refractivity contribution is 5.23. The van der Waals surface area contributed by atoms with E-state index in [1.54, 1.807) is 6.20 Å². The molecular weight excluding hydrogens is 264 g/mol. The number of rotatable bonds is 7. The molecule has 0 spiro atoms. The van der Waals surface area contributed by atoms with E-state index in [2.05, 4.69) is 43.1 Å². The van der Waals surface area contributed by atoms with E-state index < -0.39 is 0 Å². The molecule has 2 heterocycles. The molecule has 0 atom stereocenters. The fourth-order valence-electron chi connectivity index (χ4n) is 1.88. The molecule has 2 aromatic heterocycles. The average molecular weight is 288 g/mol. The van der Waals surface area contributed by atoms with Crippen molar-refractivity contribution in [1.29, 1.82) is 0 Å². The normalized spacial score (nSPS) is 11.3. The first kappa shape index (κ1) is 15.5. The molecule has 0 saturated heterocycles. The second kappa shape index (κ2) is 7.22. The molecular formula is C16H24N4O. The van der Waals surface area contributed by atoms with E-state index in [9.17, 15) is 0 Å². The SMILES string of the molecule is CC(C)CNCc1cccc(Oc2cnn(C(C)C)c2)n1. The van der Waals surface area contributed by atoms with Gasteiger partial charge in [0.1, 0.15) is 0 Å². The van der Waals surface area contributed by atoms with Crippen molar-refractivity contribution in [2.24, 2.45) is 5.92 Å². The van der Waals surface area contributed by atoms with Crippen molar-refractivity contribution in [3.8, 4) is 11.6 Å². The molecule has 1 N–H and O–H groups in total. The van der Waals surface area contributed by atoms with Gasteiger partial charge in [-0.2, -0.15) is 5.10 Å². The predicted octanol–water partition coefficient (Wildman–Crippen LogP) is 3.40. The van der Waals surface area contributed by atoms with Crippen LogP contribution in [0.25, 0.3) is 0 Å². The minimum absolute atomic E-state index is 0.321. The minimum Gasteiger partial charge on any atom is -0.436 e. The maximum atomic E-state index is 5.76. The van der Waals surface area contributed by atoms with Gasteiger partial charge in [-0.15, -0.1) is 0 Å². The molecule has 0 unspecified atom stereocenters. The highest BCUT2D eigenvalue weighted by atomic mass is 16.5. The van der Waals surface area contributed by atoms with Crippen molar-refractivity contribution in [1.82, 2.24) is 20.1 Å². The summed E-state index contributed by atoms with van der Waals surface area (Å²) in [6.45, 7) is 10.3. The lowest BCUT2D eigenvalue weighted by Crippen LogP contribution is -2.19. The van der Waals surface area contributed by atoms with Gasteiger partial charge in [0.25, 0.3) is 0 Å². The summed E-state index contributed by atoms with van der Waals surface area (Å²) in [5, 5.41) is 7.63. The Balaban J connectivity index is 1.96. The van der Waals surface area contributed by atoms with Crippen molar-refractivity contribution in [2.45, 2.75) is 40.3 Å². The topological polar surface area (TPSA) is 52.0 Å². The van der Waals surface area contributed by atoms with Gasteiger partial charge in [0, 0.05) is 18.7 Å². The largest absolute Gasteiger partial charge is 0.436 e. The van der Waals surface area contributed by atoms with Crippen molar-refractivity contribution >= 4 is 0 Å². The fourth-order valence-corrected chi connectivity index (χ4v) is 1.88. The number of pyridine rings is 1. The molecule has 0 fully saturated rings. The molecule has 21 heavy (non-hydrogen) atoms. The summed E-state index contributed by atoms with van der Waals surface area (Å²) in [6, 6.07) is 6.14. The monoisotopic (exact) mass is 288 g/mol. The van der Waals surface area contributed by atoms with Gasteiger partial charge >= 0.3 is 0 Å². The number of nitrogens with zero attached hydrogens (tertiary/aromatic N) is 3. The number of aromatic nitrogens is 3. The zero-order valence-corrected chi connectivity index (χ0v) is 13.2. The summed E-state index contributed by atoms with van der Waals surface area (Å²) in [4.78, 5) is 4.50. The van der Waals surface area contributed by atoms with Crippen LogP contribution in [0.1, 0.15) is 39.4 Å². The second-order valence-electron chi connectivity index (χ2n) is 5.84. The molecule has 5 nitrogen and oxygen atoms in total. The fraction of sp³-hybridized carbons (Fsp3) is 0.500. The van der Waals surface area contributed by atoms with Gasteiger partial charge in [0.05, 0.1) is 18.1 Å². The molecule has 114 valence electrons. The van der Waals surface area contributed by atoms with Crippen LogP contribution >= 0.6 is 0 Å². The molecule has 0 bridgehead atoms. The van der Waals surface area contributed by atoms with Crippen LogP contribution < -0.4 is 10.1 Å². The zero-order chi connectivity index (χ0) is 15.2. The Bertz CT molecular complexity index is 563. The lowest BCUT2D eigenvalue weighted by atomic mass is 10.2. The van der Waals surface area contributed by atoms with Crippen LogP contribution in [-0.2, 0) is 6.54 Å². The number of ether oxygens (including phenoxy) is 1. The van der Waals surface area contributed by atoms with Crippen LogP contribution in [0.5, 0.6) is 11.6 Å². The number of hydrogen-bond donors (Lipinski definition) is 1. The van der Waals surface area contributed by atoms with Gasteiger partial charge in [0.15, 0.2) is 5.75 Å². The smallest absolute Gasteiger partial charge is 0.219 e. The van der Waals surface area contributed by atoms with Gasteiger partial charge < -0.3 is 10.1 Å². The third-order valence-corrected chi connectivity index (χ3v) is 2.97. The molecule has 0 aliphatic rings. The molecule has 0 aliphatic heterocycles. The zero-order valence-electron chi connectivity index (χ0n) is 13.2. The van der Waals surface area contributed by atoms with Crippen LogP contribution in [-0.4, -0.2) is 21.3 Å². The summed E-state index contributed by atoms with van der Waals surface area (Å²) in [7, 11) is 0. The van der Waals surface area contributed by atoms with Crippen molar-refractivity contribution in [3.63, 3.8) is 0 Å². The molecule has 0 radical (unpaired) electrons. The van der Waals surface area contributed by atoms with Gasteiger partial charge in [-0.1, -0.05) is 19.9 Å². The van der Waals surface area contributed by atoms with Crippen LogP contribution in [0, 0.1) is 5.92 Å². The lowest BCUT2D eigenvalue weighted by molar-refractivity contribution is 0.455. The Morgan fingerprint density at radius 3 is 2.71 bits per heavy atom. The maximum absolute atomic E-state index is 5.76. The van der Waals surface area contributed by atoms with Crippen LogP contribution in [0.4, 0.5) is 0 Å². The molecule has 2 rings (SSSR count). The standard InChI is InChI=1S/C16H24N4O/c1-12(2)8-17-9-14-6-5-7-16(19-14)21-15-10-18-20(11-15)13(3)4/h5-7,10-13,17H,8-9H2,1-4H3. The molecule has 0 aliphatic carbocycles. The number of nitrogens with one attached hydrogen (secondary N) is 1. The lowest BCUT2D eigenvalue weighted by Gasteiger charge is -2.08. The van der Waals surface area contributed by atoms with Crippen molar-refractivity contribution < 1.29 is 4.74 Å². The Morgan fingerprint density at radius 2 is 2.05 bits per heavy atom. The van der Waals surface area contributed by atoms with E-state index in [1.165, 1.54) is 0 Å². The van der Waals surface area contributed by atoms with E-state index in [4.69, 9.17) is 4.74 Å². The van der Waals surface area contributed by atoms with E-state index in [-0.39, 0.29) is 0 Å². The average Bonchev–Trinajstić information content (AvgIpc) is 2.87. The van der Waals surface area contributed by atoms with Crippen molar-refractivity contribution in [2.75, 3.05) is 6.54 Å². The Kier molecular flexibility index (Phi) is 5.33. The van der Waals surface area contributed by atoms with Gasteiger partial charge in [0.2, 0.25) is 5.88 Å². The van der Waals surface area contributed by atoms with Gasteiger partial charge in [-0.05, 0) is 32.4 Å². The minimum atomic E-state index is 0.321. The van der Waals surface area contributed by atoms with Crippen molar-refractivity contribution in [3.05, 3.63) is 36.3 Å². The summed E-state index contributed by atoms with van der Waals surface area (Å²) in [6.07, 6.45) is 3.60. The Labute approximate surface area is 126 Å². The highest BCUT2D eigenvalue weighted by Crippen LogP contribution is 2.20. The summed E-state index contributed by atoms with van der Waals surface area (Å²) in [5.74, 6) is 1.94. The second-order valence-corrected chi connectivity index (χ2v) is 5.84. The van der Waals surface area contributed by atoms with Crippen LogP contribution in [0.3, 0.4) is 0 Å². The first-order valence-corrected chi connectivity index (χ1v) is 7.43. The van der Waals surface area contributed by atoms with E-state index >= 15 is 0 Å². The molecule has 0 amide bonds.